The third kappa shape index (κ3) is 5.40. The molecule has 2 atom stereocenters. The maximum absolute atomic E-state index is 13.1. The van der Waals surface area contributed by atoms with Crippen molar-refractivity contribution in [2.24, 2.45) is 4.99 Å². The van der Waals surface area contributed by atoms with Crippen molar-refractivity contribution in [1.82, 2.24) is 4.90 Å². The van der Waals surface area contributed by atoms with Crippen LogP contribution in [-0.2, 0) is 14.3 Å². The van der Waals surface area contributed by atoms with Gasteiger partial charge in [0.25, 0.3) is 0 Å². The summed E-state index contributed by atoms with van der Waals surface area (Å²) in [5.74, 6) is 0.324. The molecule has 1 fully saturated rings. The number of methoxy groups -OCH3 is 2. The summed E-state index contributed by atoms with van der Waals surface area (Å²) < 4.78 is 10.5. The normalized spacial score (nSPS) is 18.5. The van der Waals surface area contributed by atoms with Gasteiger partial charge in [-0.2, -0.15) is 0 Å². The summed E-state index contributed by atoms with van der Waals surface area (Å²) in [5, 5.41) is 2.84. The molecular weight excluding hydrogens is 402 g/mol. The number of rotatable bonds is 8. The predicted molar refractivity (Wildman–Crippen MR) is 119 cm³/mol. The average molecular weight is 428 g/mol. The molecule has 8 heteroatoms. The molecule has 1 heterocycles. The van der Waals surface area contributed by atoms with Gasteiger partial charge in [0.2, 0.25) is 11.8 Å². The van der Waals surface area contributed by atoms with Crippen LogP contribution in [0.4, 0.5) is 11.4 Å². The number of para-hydroxylation sites is 1. The molecule has 1 aliphatic heterocycles. The number of ether oxygens (including phenoxy) is 2. The van der Waals surface area contributed by atoms with E-state index < -0.39 is 5.25 Å². The van der Waals surface area contributed by atoms with Crippen molar-refractivity contribution < 1.29 is 19.1 Å². The lowest BCUT2D eigenvalue weighted by molar-refractivity contribution is -0.130. The Bertz CT molecular complexity index is 920. The van der Waals surface area contributed by atoms with Crippen LogP contribution in [0.25, 0.3) is 0 Å². The van der Waals surface area contributed by atoms with Gasteiger partial charge < -0.3 is 14.8 Å². The van der Waals surface area contributed by atoms with Crippen LogP contribution in [0, 0.1) is 0 Å². The van der Waals surface area contributed by atoms with Gasteiger partial charge >= 0.3 is 0 Å². The molecule has 7 nitrogen and oxygen atoms in total. The maximum Gasteiger partial charge on any atom is 0.243 e. The summed E-state index contributed by atoms with van der Waals surface area (Å²) in [6.07, 6.45) is 0.0612. The average Bonchev–Trinajstić information content (AvgIpc) is 3.03. The minimum Gasteiger partial charge on any atom is -0.497 e. The van der Waals surface area contributed by atoms with Crippen molar-refractivity contribution in [1.29, 1.82) is 0 Å². The highest BCUT2D eigenvalue weighted by atomic mass is 32.2. The molecule has 2 amide bonds. The van der Waals surface area contributed by atoms with E-state index >= 15 is 0 Å². The van der Waals surface area contributed by atoms with Gasteiger partial charge in [-0.3, -0.25) is 14.5 Å². The van der Waals surface area contributed by atoms with Crippen LogP contribution in [-0.4, -0.2) is 54.0 Å². The van der Waals surface area contributed by atoms with E-state index in [-0.39, 0.29) is 24.3 Å². The van der Waals surface area contributed by atoms with E-state index in [1.807, 2.05) is 55.5 Å². The number of hydrogen-bond donors (Lipinski definition) is 1. The number of carbonyl (C=O) groups excluding carboxylic acids is 2. The molecule has 1 N–H and O–H groups in total. The fourth-order valence-corrected chi connectivity index (χ4v) is 4.35. The standard InChI is InChI=1S/C22H25N3O4S/c1-15(14-28-2)25-21(27)19(13-20(26)23-16-8-5-4-6-9-16)30-22(25)24-17-10-7-11-18(12-17)29-3/h4-12,15,19H,13-14H2,1-3H3,(H,23,26)/t15-,19-/m0/s1. The third-order valence-electron chi connectivity index (χ3n) is 4.52. The highest BCUT2D eigenvalue weighted by Crippen LogP contribution is 2.34. The Morgan fingerprint density at radius 1 is 1.20 bits per heavy atom. The quantitative estimate of drug-likeness (QED) is 0.695. The highest BCUT2D eigenvalue weighted by molar-refractivity contribution is 8.15. The Morgan fingerprint density at radius 2 is 1.97 bits per heavy atom. The van der Waals surface area contributed by atoms with Gasteiger partial charge in [0.15, 0.2) is 5.17 Å². The molecule has 0 bridgehead atoms. The molecule has 0 spiro atoms. The number of anilines is 1. The van der Waals surface area contributed by atoms with Crippen molar-refractivity contribution in [2.75, 3.05) is 26.1 Å². The van der Waals surface area contributed by atoms with Crippen LogP contribution >= 0.6 is 11.8 Å². The molecule has 158 valence electrons. The zero-order valence-corrected chi connectivity index (χ0v) is 18.0. The summed E-state index contributed by atoms with van der Waals surface area (Å²) in [6, 6.07) is 16.3. The van der Waals surface area contributed by atoms with Gasteiger partial charge in [-0.15, -0.1) is 0 Å². The largest absolute Gasteiger partial charge is 0.497 e. The molecule has 0 aliphatic carbocycles. The van der Waals surface area contributed by atoms with Gasteiger partial charge in [-0.25, -0.2) is 4.99 Å². The minimum atomic E-state index is -0.544. The lowest BCUT2D eigenvalue weighted by Gasteiger charge is -2.23. The molecule has 3 rings (SSSR count). The fraction of sp³-hybridized carbons (Fsp3) is 0.318. The van der Waals surface area contributed by atoms with E-state index in [2.05, 4.69) is 10.3 Å². The van der Waals surface area contributed by atoms with Crippen molar-refractivity contribution in [3.05, 3.63) is 54.6 Å². The lowest BCUT2D eigenvalue weighted by Crippen LogP contribution is -2.42. The SMILES string of the molecule is COC[C@H](C)N1C(=O)[C@H](CC(=O)Nc2ccccc2)SC1=Nc1cccc(OC)c1. The second-order valence-corrected chi connectivity index (χ2v) is 8.00. The second-order valence-electron chi connectivity index (χ2n) is 6.83. The zero-order chi connectivity index (χ0) is 21.5. The number of nitrogens with one attached hydrogen (secondary N) is 1. The van der Waals surface area contributed by atoms with Crippen LogP contribution in [0.15, 0.2) is 59.6 Å². The first-order valence-electron chi connectivity index (χ1n) is 9.58. The van der Waals surface area contributed by atoms with E-state index in [4.69, 9.17) is 9.47 Å². The van der Waals surface area contributed by atoms with Crippen molar-refractivity contribution in [3.63, 3.8) is 0 Å². The number of benzene rings is 2. The molecule has 0 unspecified atom stereocenters. The second kappa shape index (κ2) is 10.3. The first-order chi connectivity index (χ1) is 14.5. The van der Waals surface area contributed by atoms with Crippen LogP contribution in [0.1, 0.15) is 13.3 Å². The molecule has 0 radical (unpaired) electrons. The Labute approximate surface area is 180 Å². The molecule has 0 saturated carbocycles. The number of nitrogens with zero attached hydrogens (tertiary/aromatic N) is 2. The van der Waals surface area contributed by atoms with Crippen molar-refractivity contribution in [2.45, 2.75) is 24.6 Å². The molecule has 1 aliphatic rings. The Kier molecular flexibility index (Phi) is 7.48. The Morgan fingerprint density at radius 3 is 2.67 bits per heavy atom. The number of amidine groups is 1. The van der Waals surface area contributed by atoms with Gasteiger partial charge in [0.1, 0.15) is 11.0 Å². The van der Waals surface area contributed by atoms with E-state index in [1.165, 1.54) is 11.8 Å². The van der Waals surface area contributed by atoms with E-state index in [0.717, 1.165) is 0 Å². The number of carbonyl (C=O) groups is 2. The van der Waals surface area contributed by atoms with E-state index in [9.17, 15) is 9.59 Å². The number of thioether (sulfide) groups is 1. The third-order valence-corrected chi connectivity index (χ3v) is 5.67. The number of hydrogen-bond acceptors (Lipinski definition) is 6. The van der Waals surface area contributed by atoms with Gasteiger partial charge in [0, 0.05) is 25.3 Å². The van der Waals surface area contributed by atoms with Crippen molar-refractivity contribution in [3.8, 4) is 5.75 Å². The Balaban J connectivity index is 1.80. The molecule has 30 heavy (non-hydrogen) atoms. The molecule has 2 aromatic carbocycles. The minimum absolute atomic E-state index is 0.0612. The summed E-state index contributed by atoms with van der Waals surface area (Å²) in [7, 11) is 3.18. The fourth-order valence-electron chi connectivity index (χ4n) is 3.11. The molecular formula is C22H25N3O4S. The summed E-state index contributed by atoms with van der Waals surface area (Å²) in [4.78, 5) is 31.9. The zero-order valence-electron chi connectivity index (χ0n) is 17.2. The molecule has 0 aromatic heterocycles. The topological polar surface area (TPSA) is 80.2 Å². The number of aliphatic imine (C=N–C) groups is 1. The van der Waals surface area contributed by atoms with Crippen LogP contribution in [0.3, 0.4) is 0 Å². The first-order valence-corrected chi connectivity index (χ1v) is 10.5. The summed E-state index contributed by atoms with van der Waals surface area (Å²) in [5.41, 5.74) is 1.38. The van der Waals surface area contributed by atoms with Crippen LogP contribution in [0.5, 0.6) is 5.75 Å². The molecule has 1 saturated heterocycles. The smallest absolute Gasteiger partial charge is 0.243 e. The summed E-state index contributed by atoms with van der Waals surface area (Å²) in [6.45, 7) is 2.27. The highest BCUT2D eigenvalue weighted by Gasteiger charge is 2.41. The van der Waals surface area contributed by atoms with Crippen LogP contribution < -0.4 is 10.1 Å². The molecule has 2 aromatic rings. The predicted octanol–water partition coefficient (Wildman–Crippen LogP) is 3.69. The first kappa shape index (κ1) is 21.9. The Hall–Kier alpha value is -2.84. The lowest BCUT2D eigenvalue weighted by atomic mass is 10.2. The monoisotopic (exact) mass is 427 g/mol. The summed E-state index contributed by atoms with van der Waals surface area (Å²) >= 11 is 1.30. The van der Waals surface area contributed by atoms with E-state index in [0.29, 0.717) is 28.9 Å². The van der Waals surface area contributed by atoms with Gasteiger partial charge in [0.05, 0.1) is 25.4 Å². The maximum atomic E-state index is 13.1. The van der Waals surface area contributed by atoms with Gasteiger partial charge in [-0.1, -0.05) is 36.0 Å². The van der Waals surface area contributed by atoms with Crippen LogP contribution in [0.2, 0.25) is 0 Å². The van der Waals surface area contributed by atoms with Crippen molar-refractivity contribution >= 4 is 40.1 Å². The van der Waals surface area contributed by atoms with Gasteiger partial charge in [-0.05, 0) is 31.2 Å². The number of amides is 2. The van der Waals surface area contributed by atoms with E-state index in [1.54, 1.807) is 25.2 Å².